The van der Waals surface area contributed by atoms with Crippen molar-refractivity contribution < 1.29 is 14.7 Å². The Morgan fingerprint density at radius 1 is 1.10 bits per heavy atom. The summed E-state index contributed by atoms with van der Waals surface area (Å²) in [5.41, 5.74) is 0. The maximum absolute atomic E-state index is 12.4. The molecule has 2 bridgehead atoms. The molecule has 0 saturated heterocycles. The summed E-state index contributed by atoms with van der Waals surface area (Å²) in [6.07, 6.45) is 7.69. The summed E-state index contributed by atoms with van der Waals surface area (Å²) in [5, 5.41) is 12.4. The number of fused-ring (bicyclic) bond motifs is 2. The molecule has 3 saturated carbocycles. The maximum atomic E-state index is 12.4. The highest BCUT2D eigenvalue weighted by Crippen LogP contribution is 2.48. The van der Waals surface area contributed by atoms with Gasteiger partial charge >= 0.3 is 5.97 Å². The number of carbonyl (C=O) groups excluding carboxylic acids is 1. The Bertz CT molecular complexity index is 422. The SMILES string of the molecule is CCC1C[C@H](C(=O)NCC2CC3CCC2C3)[C@H](C(=O)O)C1. The zero-order chi connectivity index (χ0) is 15.0. The Hall–Kier alpha value is -1.06. The summed E-state index contributed by atoms with van der Waals surface area (Å²) in [6, 6.07) is 0. The largest absolute Gasteiger partial charge is 0.481 e. The Morgan fingerprint density at radius 2 is 1.86 bits per heavy atom. The fourth-order valence-electron chi connectivity index (χ4n) is 5.03. The molecular weight excluding hydrogens is 266 g/mol. The summed E-state index contributed by atoms with van der Waals surface area (Å²) in [6.45, 7) is 2.85. The van der Waals surface area contributed by atoms with Crippen LogP contribution in [0.3, 0.4) is 0 Å². The molecule has 3 aliphatic rings. The Labute approximate surface area is 126 Å². The van der Waals surface area contributed by atoms with Crippen LogP contribution >= 0.6 is 0 Å². The van der Waals surface area contributed by atoms with Crippen molar-refractivity contribution >= 4 is 11.9 Å². The van der Waals surface area contributed by atoms with E-state index >= 15 is 0 Å². The number of nitrogens with one attached hydrogen (secondary N) is 1. The van der Waals surface area contributed by atoms with Crippen LogP contribution in [0.5, 0.6) is 0 Å². The third-order valence-electron chi connectivity index (χ3n) is 6.31. The first-order valence-electron chi connectivity index (χ1n) is 8.59. The number of aliphatic carboxylic acids is 1. The topological polar surface area (TPSA) is 66.4 Å². The van der Waals surface area contributed by atoms with E-state index in [2.05, 4.69) is 12.2 Å². The number of hydrogen-bond acceptors (Lipinski definition) is 2. The molecule has 0 aromatic heterocycles. The van der Waals surface area contributed by atoms with Crippen LogP contribution in [-0.4, -0.2) is 23.5 Å². The smallest absolute Gasteiger partial charge is 0.307 e. The van der Waals surface area contributed by atoms with Gasteiger partial charge in [-0.25, -0.2) is 0 Å². The highest BCUT2D eigenvalue weighted by atomic mass is 16.4. The number of carboxylic acid groups (broad SMARTS) is 1. The van der Waals surface area contributed by atoms with Gasteiger partial charge in [0.05, 0.1) is 11.8 Å². The number of amides is 1. The quantitative estimate of drug-likeness (QED) is 0.819. The maximum Gasteiger partial charge on any atom is 0.307 e. The van der Waals surface area contributed by atoms with Crippen molar-refractivity contribution in [2.24, 2.45) is 35.5 Å². The molecule has 3 rings (SSSR count). The van der Waals surface area contributed by atoms with Crippen molar-refractivity contribution in [3.63, 3.8) is 0 Å². The average molecular weight is 293 g/mol. The van der Waals surface area contributed by atoms with Crippen molar-refractivity contribution in [1.29, 1.82) is 0 Å². The van der Waals surface area contributed by atoms with Gasteiger partial charge < -0.3 is 10.4 Å². The van der Waals surface area contributed by atoms with E-state index in [0.717, 1.165) is 31.2 Å². The van der Waals surface area contributed by atoms with E-state index in [1.807, 2.05) is 0 Å². The molecule has 0 radical (unpaired) electrons. The summed E-state index contributed by atoms with van der Waals surface area (Å²) in [7, 11) is 0. The first-order chi connectivity index (χ1) is 10.1. The predicted octanol–water partition coefficient (Wildman–Crippen LogP) is 2.68. The van der Waals surface area contributed by atoms with E-state index in [0.29, 0.717) is 18.3 Å². The molecule has 3 aliphatic carbocycles. The van der Waals surface area contributed by atoms with Gasteiger partial charge in [0.2, 0.25) is 5.91 Å². The highest BCUT2D eigenvalue weighted by Gasteiger charge is 2.43. The number of carboxylic acids is 1. The molecule has 0 aromatic rings. The predicted molar refractivity (Wildman–Crippen MR) is 79.6 cm³/mol. The highest BCUT2D eigenvalue weighted by molar-refractivity contribution is 5.85. The van der Waals surface area contributed by atoms with Crippen LogP contribution < -0.4 is 5.32 Å². The Balaban J connectivity index is 1.53. The lowest BCUT2D eigenvalue weighted by Gasteiger charge is -2.23. The van der Waals surface area contributed by atoms with Crippen LogP contribution in [0.25, 0.3) is 0 Å². The minimum absolute atomic E-state index is 0.0128. The molecule has 0 aromatic carbocycles. The van der Waals surface area contributed by atoms with E-state index in [4.69, 9.17) is 0 Å². The van der Waals surface area contributed by atoms with E-state index in [1.165, 1.54) is 25.7 Å². The van der Waals surface area contributed by atoms with Crippen LogP contribution in [0.1, 0.15) is 51.9 Å². The number of carbonyl (C=O) groups is 2. The van der Waals surface area contributed by atoms with Crippen molar-refractivity contribution in [2.45, 2.75) is 51.9 Å². The van der Waals surface area contributed by atoms with E-state index in [1.54, 1.807) is 0 Å². The van der Waals surface area contributed by atoms with Crippen LogP contribution in [-0.2, 0) is 9.59 Å². The van der Waals surface area contributed by atoms with E-state index < -0.39 is 11.9 Å². The normalized spacial score (nSPS) is 41.4. The lowest BCUT2D eigenvalue weighted by atomic mass is 9.88. The summed E-state index contributed by atoms with van der Waals surface area (Å²) in [4.78, 5) is 23.8. The molecule has 0 spiro atoms. The zero-order valence-corrected chi connectivity index (χ0v) is 12.9. The number of hydrogen-bond donors (Lipinski definition) is 2. The lowest BCUT2D eigenvalue weighted by molar-refractivity contribution is -0.146. The standard InChI is InChI=1S/C17H27NO3/c1-2-10-7-14(15(8-10)17(20)21)16(19)18-9-13-6-11-3-4-12(13)5-11/h10-15H,2-9H2,1H3,(H,18,19)(H,20,21)/t10?,11?,12?,13?,14-,15+/m0/s1. The first-order valence-corrected chi connectivity index (χ1v) is 8.59. The molecule has 21 heavy (non-hydrogen) atoms. The minimum atomic E-state index is -0.800. The Morgan fingerprint density at radius 3 is 2.43 bits per heavy atom. The molecular formula is C17H27NO3. The van der Waals surface area contributed by atoms with Crippen molar-refractivity contribution in [3.05, 3.63) is 0 Å². The number of rotatable bonds is 5. The van der Waals surface area contributed by atoms with E-state index in [-0.39, 0.29) is 11.8 Å². The summed E-state index contributed by atoms with van der Waals surface area (Å²) >= 11 is 0. The molecule has 4 nitrogen and oxygen atoms in total. The van der Waals surface area contributed by atoms with Crippen LogP contribution in [0.15, 0.2) is 0 Å². The minimum Gasteiger partial charge on any atom is -0.481 e. The van der Waals surface area contributed by atoms with Gasteiger partial charge in [-0.05, 0) is 55.8 Å². The van der Waals surface area contributed by atoms with Crippen LogP contribution in [0.4, 0.5) is 0 Å². The first kappa shape index (κ1) is 14.9. The molecule has 118 valence electrons. The van der Waals surface area contributed by atoms with Crippen molar-refractivity contribution in [1.82, 2.24) is 5.32 Å². The molecule has 2 N–H and O–H groups in total. The van der Waals surface area contributed by atoms with Crippen LogP contribution in [0, 0.1) is 35.5 Å². The van der Waals surface area contributed by atoms with Gasteiger partial charge in [0.15, 0.2) is 0 Å². The van der Waals surface area contributed by atoms with Gasteiger partial charge in [-0.2, -0.15) is 0 Å². The second kappa shape index (κ2) is 5.98. The third-order valence-corrected chi connectivity index (χ3v) is 6.31. The van der Waals surface area contributed by atoms with Gasteiger partial charge in [-0.15, -0.1) is 0 Å². The molecule has 1 amide bonds. The zero-order valence-electron chi connectivity index (χ0n) is 12.9. The molecule has 0 aliphatic heterocycles. The molecule has 6 atom stereocenters. The second-order valence-electron chi connectivity index (χ2n) is 7.48. The molecule has 4 heteroatoms. The molecule has 3 fully saturated rings. The van der Waals surface area contributed by atoms with Gasteiger partial charge in [0, 0.05) is 6.54 Å². The lowest BCUT2D eigenvalue weighted by Crippen LogP contribution is -2.38. The summed E-state index contributed by atoms with van der Waals surface area (Å²) < 4.78 is 0. The fourth-order valence-corrected chi connectivity index (χ4v) is 5.03. The molecule has 4 unspecified atom stereocenters. The third kappa shape index (κ3) is 2.95. The second-order valence-corrected chi connectivity index (χ2v) is 7.48. The Kier molecular flexibility index (Phi) is 4.23. The molecule has 0 heterocycles. The average Bonchev–Trinajstić information content (AvgIpc) is 3.18. The van der Waals surface area contributed by atoms with Gasteiger partial charge in [-0.3, -0.25) is 9.59 Å². The van der Waals surface area contributed by atoms with Crippen LogP contribution in [0.2, 0.25) is 0 Å². The van der Waals surface area contributed by atoms with Crippen molar-refractivity contribution in [3.8, 4) is 0 Å². The fraction of sp³-hybridized carbons (Fsp3) is 0.882. The monoisotopic (exact) mass is 293 g/mol. The van der Waals surface area contributed by atoms with Gasteiger partial charge in [-0.1, -0.05) is 19.8 Å². The van der Waals surface area contributed by atoms with Gasteiger partial charge in [0.25, 0.3) is 0 Å². The van der Waals surface area contributed by atoms with Crippen molar-refractivity contribution in [2.75, 3.05) is 6.54 Å². The van der Waals surface area contributed by atoms with Gasteiger partial charge in [0.1, 0.15) is 0 Å². The van der Waals surface area contributed by atoms with E-state index in [9.17, 15) is 14.7 Å². The summed E-state index contributed by atoms with van der Waals surface area (Å²) in [5.74, 6) is 1.12.